The van der Waals surface area contributed by atoms with Crippen molar-refractivity contribution in [2.75, 3.05) is 5.75 Å². The van der Waals surface area contributed by atoms with Gasteiger partial charge in [0.05, 0.1) is 11.4 Å². The maximum Gasteiger partial charge on any atom is 0.181 e. The zero-order valence-electron chi connectivity index (χ0n) is 13.9. The SMILES string of the molecule is O=C1c2ccccc2C(=O)C12[C@@H](O)CS[C@H]2c1cccc2ccccc12. The summed E-state index contributed by atoms with van der Waals surface area (Å²) in [4.78, 5) is 26.7. The number of aliphatic hydroxyl groups excluding tert-OH is 1. The zero-order chi connectivity index (χ0) is 17.9. The van der Waals surface area contributed by atoms with E-state index in [2.05, 4.69) is 0 Å². The Hall–Kier alpha value is -2.43. The van der Waals surface area contributed by atoms with Crippen LogP contribution in [0.1, 0.15) is 31.5 Å². The summed E-state index contributed by atoms with van der Waals surface area (Å²) in [5.41, 5.74) is 0.395. The van der Waals surface area contributed by atoms with E-state index in [-0.39, 0.29) is 11.6 Å². The third-order valence-corrected chi connectivity index (χ3v) is 7.10. The molecule has 4 heteroatoms. The first kappa shape index (κ1) is 15.8. The highest BCUT2D eigenvalue weighted by molar-refractivity contribution is 8.00. The average molecular weight is 360 g/mol. The molecule has 26 heavy (non-hydrogen) atoms. The number of benzene rings is 3. The van der Waals surface area contributed by atoms with E-state index in [0.29, 0.717) is 16.9 Å². The summed E-state index contributed by atoms with van der Waals surface area (Å²) in [6.45, 7) is 0. The van der Waals surface area contributed by atoms with Crippen molar-refractivity contribution in [2.24, 2.45) is 5.41 Å². The Bertz CT molecular complexity index is 1030. The number of carbonyl (C=O) groups is 2. The lowest BCUT2D eigenvalue weighted by molar-refractivity contribution is 0.0389. The van der Waals surface area contributed by atoms with Crippen molar-refractivity contribution in [1.29, 1.82) is 0 Å². The quantitative estimate of drug-likeness (QED) is 0.665. The number of thioether (sulfide) groups is 1. The molecule has 2 aliphatic rings. The first-order valence-electron chi connectivity index (χ1n) is 8.61. The molecular formula is C22H16O3S. The van der Waals surface area contributed by atoms with Crippen LogP contribution < -0.4 is 0 Å². The van der Waals surface area contributed by atoms with Crippen LogP contribution in [0.2, 0.25) is 0 Å². The molecule has 3 aromatic rings. The molecule has 1 aliphatic heterocycles. The second-order valence-electron chi connectivity index (χ2n) is 6.87. The van der Waals surface area contributed by atoms with Crippen molar-refractivity contribution in [1.82, 2.24) is 0 Å². The van der Waals surface area contributed by atoms with E-state index in [1.165, 1.54) is 11.8 Å². The van der Waals surface area contributed by atoms with Gasteiger partial charge in [0.25, 0.3) is 0 Å². The summed E-state index contributed by atoms with van der Waals surface area (Å²) in [5.74, 6) is -0.110. The summed E-state index contributed by atoms with van der Waals surface area (Å²) >= 11 is 1.50. The molecule has 3 nitrogen and oxygen atoms in total. The number of hydrogen-bond donors (Lipinski definition) is 1. The Morgan fingerprint density at radius 1 is 0.846 bits per heavy atom. The largest absolute Gasteiger partial charge is 0.391 e. The number of hydrogen-bond acceptors (Lipinski definition) is 4. The molecular weight excluding hydrogens is 344 g/mol. The molecule has 0 aromatic heterocycles. The van der Waals surface area contributed by atoms with Crippen molar-refractivity contribution in [3.8, 4) is 0 Å². The molecule has 1 heterocycles. The lowest BCUT2D eigenvalue weighted by Crippen LogP contribution is -2.45. The highest BCUT2D eigenvalue weighted by Gasteiger charge is 2.65. The van der Waals surface area contributed by atoms with Gasteiger partial charge in [-0.25, -0.2) is 0 Å². The Balaban J connectivity index is 1.76. The van der Waals surface area contributed by atoms with Crippen LogP contribution in [0.5, 0.6) is 0 Å². The van der Waals surface area contributed by atoms with E-state index in [1.54, 1.807) is 24.3 Å². The molecule has 1 saturated heterocycles. The van der Waals surface area contributed by atoms with Gasteiger partial charge in [0.1, 0.15) is 5.41 Å². The number of aliphatic hydroxyl groups is 1. The third-order valence-electron chi connectivity index (χ3n) is 5.63. The minimum atomic E-state index is -1.42. The predicted octanol–water partition coefficient (Wildman–Crippen LogP) is 4.05. The Morgan fingerprint density at radius 2 is 1.46 bits per heavy atom. The monoisotopic (exact) mass is 360 g/mol. The summed E-state index contributed by atoms with van der Waals surface area (Å²) in [5, 5.41) is 12.5. The number of carbonyl (C=O) groups excluding carboxylic acids is 2. The number of fused-ring (bicyclic) bond motifs is 2. The molecule has 0 radical (unpaired) electrons. The fraction of sp³-hybridized carbons (Fsp3) is 0.182. The minimum Gasteiger partial charge on any atom is -0.391 e. The van der Waals surface area contributed by atoms with Crippen LogP contribution in [-0.4, -0.2) is 28.5 Å². The second-order valence-corrected chi connectivity index (χ2v) is 8.01. The van der Waals surface area contributed by atoms with Crippen LogP contribution in [0.25, 0.3) is 10.8 Å². The van der Waals surface area contributed by atoms with Gasteiger partial charge in [0, 0.05) is 16.9 Å². The minimum absolute atomic E-state index is 0.242. The van der Waals surface area contributed by atoms with Gasteiger partial charge in [-0.05, 0) is 16.3 Å². The van der Waals surface area contributed by atoms with E-state index in [1.807, 2.05) is 42.5 Å². The average Bonchev–Trinajstić information content (AvgIpc) is 3.14. The lowest BCUT2D eigenvalue weighted by Gasteiger charge is -2.30. The van der Waals surface area contributed by atoms with Crippen LogP contribution in [-0.2, 0) is 0 Å². The highest BCUT2D eigenvalue weighted by Crippen LogP contribution is 2.60. The molecule has 0 saturated carbocycles. The normalized spacial score (nSPS) is 23.7. The van der Waals surface area contributed by atoms with Crippen LogP contribution in [0, 0.1) is 5.41 Å². The van der Waals surface area contributed by atoms with Gasteiger partial charge in [-0.1, -0.05) is 66.7 Å². The Labute approximate surface area is 155 Å². The van der Waals surface area contributed by atoms with Crippen molar-refractivity contribution >= 4 is 34.1 Å². The van der Waals surface area contributed by atoms with E-state index >= 15 is 0 Å². The summed E-state index contributed by atoms with van der Waals surface area (Å²) in [6, 6.07) is 20.8. The van der Waals surface area contributed by atoms with Gasteiger partial charge >= 0.3 is 0 Å². The third kappa shape index (κ3) is 1.83. The second kappa shape index (κ2) is 5.53. The number of Topliss-reactive ketones (excluding diaryl/α,β-unsaturated/α-hetero) is 2. The molecule has 0 unspecified atom stereocenters. The molecule has 2 atom stereocenters. The van der Waals surface area contributed by atoms with Crippen LogP contribution in [0.15, 0.2) is 66.7 Å². The number of ketones is 2. The van der Waals surface area contributed by atoms with Crippen LogP contribution >= 0.6 is 11.8 Å². The zero-order valence-corrected chi connectivity index (χ0v) is 14.7. The summed E-state index contributed by atoms with van der Waals surface area (Å²) in [7, 11) is 0. The Morgan fingerprint density at radius 3 is 2.19 bits per heavy atom. The van der Waals surface area contributed by atoms with E-state index < -0.39 is 16.8 Å². The fourth-order valence-electron chi connectivity index (χ4n) is 4.41. The van der Waals surface area contributed by atoms with Gasteiger partial charge in [-0.2, -0.15) is 0 Å². The van der Waals surface area contributed by atoms with E-state index in [9.17, 15) is 14.7 Å². The molecule has 1 spiro atoms. The van der Waals surface area contributed by atoms with Gasteiger partial charge in [-0.15, -0.1) is 11.8 Å². The van der Waals surface area contributed by atoms with Gasteiger partial charge in [0.15, 0.2) is 11.6 Å². The first-order valence-corrected chi connectivity index (χ1v) is 9.66. The van der Waals surface area contributed by atoms with Crippen LogP contribution in [0.4, 0.5) is 0 Å². The smallest absolute Gasteiger partial charge is 0.181 e. The molecule has 1 aliphatic carbocycles. The summed E-state index contributed by atoms with van der Waals surface area (Å²) < 4.78 is 0. The molecule has 3 aromatic carbocycles. The van der Waals surface area contributed by atoms with Crippen molar-refractivity contribution in [2.45, 2.75) is 11.4 Å². The van der Waals surface area contributed by atoms with Crippen LogP contribution in [0.3, 0.4) is 0 Å². The highest BCUT2D eigenvalue weighted by atomic mass is 32.2. The van der Waals surface area contributed by atoms with Crippen molar-refractivity contribution in [3.63, 3.8) is 0 Å². The fourth-order valence-corrected chi connectivity index (χ4v) is 6.06. The molecule has 5 rings (SSSR count). The summed E-state index contributed by atoms with van der Waals surface area (Å²) in [6.07, 6.45) is -0.983. The van der Waals surface area contributed by atoms with E-state index in [4.69, 9.17) is 0 Å². The van der Waals surface area contributed by atoms with Crippen molar-refractivity contribution < 1.29 is 14.7 Å². The van der Waals surface area contributed by atoms with Gasteiger partial charge in [0.2, 0.25) is 0 Å². The maximum absolute atomic E-state index is 13.4. The number of rotatable bonds is 1. The van der Waals surface area contributed by atoms with Gasteiger partial charge in [-0.3, -0.25) is 9.59 Å². The topological polar surface area (TPSA) is 54.4 Å². The van der Waals surface area contributed by atoms with Gasteiger partial charge < -0.3 is 5.11 Å². The predicted molar refractivity (Wildman–Crippen MR) is 103 cm³/mol. The molecule has 1 fully saturated rings. The first-order chi connectivity index (χ1) is 12.7. The van der Waals surface area contributed by atoms with Crippen molar-refractivity contribution in [3.05, 3.63) is 83.4 Å². The molecule has 0 amide bonds. The standard InChI is InChI=1S/C22H16O3S/c23-18-12-26-21(17-11-5-7-13-6-1-2-8-14(13)17)22(18)19(24)15-9-3-4-10-16(15)20(22)25/h1-11,18,21,23H,12H2/t18-,21-/m0/s1. The van der Waals surface area contributed by atoms with E-state index in [0.717, 1.165) is 16.3 Å². The molecule has 1 N–H and O–H groups in total. The maximum atomic E-state index is 13.4. The molecule has 128 valence electrons. The lowest BCUT2D eigenvalue weighted by atomic mass is 9.72. The molecule has 0 bridgehead atoms. The Kier molecular flexibility index (Phi) is 3.36.